The summed E-state index contributed by atoms with van der Waals surface area (Å²) in [6, 6.07) is 15.1. The molecule has 0 unspecified atom stereocenters. The number of rotatable bonds is 8. The first-order chi connectivity index (χ1) is 14.4. The first-order valence-electron chi connectivity index (χ1n) is 8.46. The number of pyridine rings is 1. The second kappa shape index (κ2) is 9.01. The van der Waals surface area contributed by atoms with Crippen LogP contribution in [0, 0.1) is 10.1 Å². The Morgan fingerprint density at radius 2 is 1.87 bits per heavy atom. The van der Waals surface area contributed by atoms with Crippen LogP contribution in [0.4, 0.5) is 11.5 Å². The molecule has 154 valence electrons. The summed E-state index contributed by atoms with van der Waals surface area (Å²) < 4.78 is 35.4. The van der Waals surface area contributed by atoms with Gasteiger partial charge in [-0.15, -0.1) is 0 Å². The highest BCUT2D eigenvalue weighted by molar-refractivity contribution is 7.87. The molecule has 0 amide bonds. The van der Waals surface area contributed by atoms with E-state index in [9.17, 15) is 18.5 Å². The van der Waals surface area contributed by atoms with Gasteiger partial charge in [-0.3, -0.25) is 15.5 Å². The molecule has 0 atom stereocenters. The Morgan fingerprint density at radius 3 is 2.50 bits per heavy atom. The third kappa shape index (κ3) is 5.08. The van der Waals surface area contributed by atoms with Gasteiger partial charge in [0.2, 0.25) is 0 Å². The van der Waals surface area contributed by atoms with Crippen molar-refractivity contribution in [3.8, 4) is 11.5 Å². The number of ether oxygens (including phenoxy) is 1. The summed E-state index contributed by atoms with van der Waals surface area (Å²) in [5, 5.41) is 14.6. The Kier molecular flexibility index (Phi) is 6.23. The monoisotopic (exact) mass is 428 g/mol. The lowest BCUT2D eigenvalue weighted by Crippen LogP contribution is -2.10. The molecule has 3 aromatic rings. The number of benzene rings is 2. The zero-order valence-corrected chi connectivity index (χ0v) is 16.4. The Labute approximate surface area is 172 Å². The molecule has 0 saturated heterocycles. The largest absolute Gasteiger partial charge is 0.493 e. The summed E-state index contributed by atoms with van der Waals surface area (Å²) in [6.07, 6.45) is 2.51. The molecule has 0 aliphatic rings. The summed E-state index contributed by atoms with van der Waals surface area (Å²) in [7, 11) is -2.65. The van der Waals surface area contributed by atoms with E-state index in [-0.39, 0.29) is 22.1 Å². The predicted octanol–water partition coefficient (Wildman–Crippen LogP) is 3.21. The number of hydrazone groups is 1. The minimum absolute atomic E-state index is 0.00114. The van der Waals surface area contributed by atoms with Crippen LogP contribution in [-0.2, 0) is 10.1 Å². The van der Waals surface area contributed by atoms with Crippen molar-refractivity contribution in [2.24, 2.45) is 5.10 Å². The second-order valence-corrected chi connectivity index (χ2v) is 7.34. The fourth-order valence-electron chi connectivity index (χ4n) is 2.33. The maximum absolute atomic E-state index is 12.5. The number of methoxy groups -OCH3 is 1. The summed E-state index contributed by atoms with van der Waals surface area (Å²) in [5.41, 5.74) is 3.01. The van der Waals surface area contributed by atoms with E-state index in [4.69, 9.17) is 8.92 Å². The van der Waals surface area contributed by atoms with Crippen LogP contribution < -0.4 is 14.3 Å². The number of nitrogens with zero attached hydrogens (tertiary/aromatic N) is 3. The van der Waals surface area contributed by atoms with Crippen LogP contribution in [0.2, 0.25) is 0 Å². The maximum atomic E-state index is 12.5. The van der Waals surface area contributed by atoms with Crippen molar-refractivity contribution in [3.63, 3.8) is 0 Å². The molecule has 1 aromatic heterocycles. The fourth-order valence-corrected chi connectivity index (χ4v) is 3.28. The molecule has 0 spiro atoms. The topological polar surface area (TPSA) is 133 Å². The Morgan fingerprint density at radius 1 is 1.10 bits per heavy atom. The van der Waals surface area contributed by atoms with E-state index in [2.05, 4.69) is 15.5 Å². The fraction of sp³-hybridized carbons (Fsp3) is 0.0526. The van der Waals surface area contributed by atoms with Gasteiger partial charge in [-0.2, -0.15) is 13.5 Å². The molecule has 1 heterocycles. The molecular weight excluding hydrogens is 412 g/mol. The lowest BCUT2D eigenvalue weighted by atomic mass is 10.2. The van der Waals surface area contributed by atoms with Crippen LogP contribution in [0.3, 0.4) is 0 Å². The highest BCUT2D eigenvalue weighted by Gasteiger charge is 2.19. The van der Waals surface area contributed by atoms with Gasteiger partial charge >= 0.3 is 10.1 Å². The molecule has 0 aliphatic heterocycles. The zero-order valence-electron chi connectivity index (χ0n) is 15.6. The lowest BCUT2D eigenvalue weighted by molar-refractivity contribution is -0.385. The van der Waals surface area contributed by atoms with Crippen LogP contribution in [0.15, 0.2) is 76.9 Å². The molecule has 0 bridgehead atoms. The van der Waals surface area contributed by atoms with E-state index < -0.39 is 15.0 Å². The van der Waals surface area contributed by atoms with Crippen LogP contribution in [0.5, 0.6) is 11.5 Å². The summed E-state index contributed by atoms with van der Waals surface area (Å²) >= 11 is 0. The minimum Gasteiger partial charge on any atom is -0.493 e. The molecule has 30 heavy (non-hydrogen) atoms. The van der Waals surface area contributed by atoms with E-state index in [1.54, 1.807) is 30.3 Å². The number of nitro groups is 1. The SMILES string of the molecule is COc1ccc(C=NNc2ccc([N+](=O)[O-])cn2)cc1OS(=O)(=O)c1ccccc1. The molecule has 0 aliphatic carbocycles. The van der Waals surface area contributed by atoms with Crippen molar-refractivity contribution in [2.75, 3.05) is 12.5 Å². The van der Waals surface area contributed by atoms with Crippen molar-refractivity contribution in [1.29, 1.82) is 0 Å². The number of anilines is 1. The predicted molar refractivity (Wildman–Crippen MR) is 109 cm³/mol. The van der Waals surface area contributed by atoms with Crippen molar-refractivity contribution in [3.05, 3.63) is 82.5 Å². The molecule has 3 rings (SSSR count). The number of hydrogen-bond acceptors (Lipinski definition) is 9. The van der Waals surface area contributed by atoms with E-state index in [0.717, 1.165) is 6.20 Å². The normalized spacial score (nSPS) is 11.2. The van der Waals surface area contributed by atoms with E-state index in [1.807, 2.05) is 0 Å². The van der Waals surface area contributed by atoms with Gasteiger partial charge in [0.1, 0.15) is 16.9 Å². The number of hydrogen-bond donors (Lipinski definition) is 1. The molecular formula is C19H16N4O6S. The van der Waals surface area contributed by atoms with E-state index in [0.29, 0.717) is 11.4 Å². The molecule has 0 radical (unpaired) electrons. The standard InChI is InChI=1S/C19H16N4O6S/c1-28-17-9-7-14(12-21-22-19-10-8-15(13-20-19)23(24)25)11-18(17)29-30(26,27)16-5-3-2-4-6-16/h2-13H,1H3,(H,20,22). The summed E-state index contributed by atoms with van der Waals surface area (Å²) in [6.45, 7) is 0. The highest BCUT2D eigenvalue weighted by Crippen LogP contribution is 2.30. The smallest absolute Gasteiger partial charge is 0.339 e. The quantitative estimate of drug-likeness (QED) is 0.250. The maximum Gasteiger partial charge on any atom is 0.339 e. The van der Waals surface area contributed by atoms with Crippen molar-refractivity contribution in [2.45, 2.75) is 4.90 Å². The van der Waals surface area contributed by atoms with Gasteiger partial charge < -0.3 is 8.92 Å². The third-order valence-corrected chi connectivity index (χ3v) is 5.02. The Hall–Kier alpha value is -3.99. The summed E-state index contributed by atoms with van der Waals surface area (Å²) in [5.74, 6) is 0.531. The molecule has 11 heteroatoms. The van der Waals surface area contributed by atoms with Gasteiger partial charge in [0, 0.05) is 6.07 Å². The average molecular weight is 428 g/mol. The summed E-state index contributed by atoms with van der Waals surface area (Å²) in [4.78, 5) is 14.0. The molecule has 0 fully saturated rings. The van der Waals surface area contributed by atoms with E-state index >= 15 is 0 Å². The van der Waals surface area contributed by atoms with Crippen LogP contribution in [-0.4, -0.2) is 31.6 Å². The van der Waals surface area contributed by atoms with Crippen LogP contribution in [0.1, 0.15) is 5.56 Å². The average Bonchev–Trinajstić information content (AvgIpc) is 2.75. The molecule has 0 saturated carbocycles. The van der Waals surface area contributed by atoms with Crippen LogP contribution in [0.25, 0.3) is 0 Å². The zero-order chi connectivity index (χ0) is 21.6. The van der Waals surface area contributed by atoms with E-state index in [1.165, 1.54) is 43.7 Å². The Balaban J connectivity index is 1.77. The molecule has 1 N–H and O–H groups in total. The lowest BCUT2D eigenvalue weighted by Gasteiger charge is -2.11. The first kappa shape index (κ1) is 20.7. The minimum atomic E-state index is -4.04. The molecule has 10 nitrogen and oxygen atoms in total. The molecule has 2 aromatic carbocycles. The number of nitrogens with one attached hydrogen (secondary N) is 1. The van der Waals surface area contributed by atoms with Crippen LogP contribution >= 0.6 is 0 Å². The van der Waals surface area contributed by atoms with Gasteiger partial charge in [0.05, 0.1) is 18.2 Å². The first-order valence-corrected chi connectivity index (χ1v) is 9.87. The van der Waals surface area contributed by atoms with Gasteiger partial charge in [-0.25, -0.2) is 4.98 Å². The number of aromatic nitrogens is 1. The third-order valence-electron chi connectivity index (χ3n) is 3.77. The Bertz CT molecular complexity index is 1170. The van der Waals surface area contributed by atoms with Crippen molar-refractivity contribution >= 4 is 27.8 Å². The second-order valence-electron chi connectivity index (χ2n) is 5.79. The van der Waals surface area contributed by atoms with Gasteiger partial charge in [-0.1, -0.05) is 18.2 Å². The highest BCUT2D eigenvalue weighted by atomic mass is 32.2. The van der Waals surface area contributed by atoms with Gasteiger partial charge in [0.25, 0.3) is 5.69 Å². The van der Waals surface area contributed by atoms with Crippen molar-refractivity contribution < 1.29 is 22.3 Å². The van der Waals surface area contributed by atoms with Gasteiger partial charge in [0.15, 0.2) is 11.5 Å². The van der Waals surface area contributed by atoms with Crippen molar-refractivity contribution in [1.82, 2.24) is 4.98 Å². The van der Waals surface area contributed by atoms with Gasteiger partial charge in [-0.05, 0) is 42.0 Å².